The molecule has 2 rings (SSSR count). The number of aromatic nitrogens is 1. The van der Waals surface area contributed by atoms with E-state index in [-0.39, 0.29) is 17.3 Å². The van der Waals surface area contributed by atoms with Gasteiger partial charge in [-0.1, -0.05) is 0 Å². The number of hydrogen-bond acceptors (Lipinski definition) is 5. The van der Waals surface area contributed by atoms with Gasteiger partial charge in [-0.05, 0) is 13.0 Å². The lowest BCUT2D eigenvalue weighted by Gasteiger charge is -2.32. The lowest BCUT2D eigenvalue weighted by Crippen LogP contribution is -2.38. The van der Waals surface area contributed by atoms with Gasteiger partial charge in [-0.3, -0.25) is 9.88 Å². The Morgan fingerprint density at radius 2 is 2.22 bits per heavy atom. The Hall–Kier alpha value is -1.66. The predicted octanol–water partition coefficient (Wildman–Crippen LogP) is 0.755. The van der Waals surface area contributed by atoms with Gasteiger partial charge in [0.1, 0.15) is 5.56 Å². The first-order valence-corrected chi connectivity index (χ1v) is 5.90. The van der Waals surface area contributed by atoms with E-state index < -0.39 is 5.97 Å². The average molecular weight is 251 g/mol. The fraction of sp³-hybridized carbons (Fsp3) is 0.500. The van der Waals surface area contributed by atoms with Crippen molar-refractivity contribution in [1.29, 1.82) is 0 Å². The Balaban J connectivity index is 2.31. The first kappa shape index (κ1) is 12.8. The highest BCUT2D eigenvalue weighted by Crippen LogP contribution is 2.25. The smallest absolute Gasteiger partial charge is 0.339 e. The van der Waals surface area contributed by atoms with Crippen LogP contribution in [0.25, 0.3) is 0 Å². The van der Waals surface area contributed by atoms with Gasteiger partial charge in [0.25, 0.3) is 0 Å². The van der Waals surface area contributed by atoms with E-state index in [2.05, 4.69) is 9.88 Å². The number of morpholine rings is 1. The van der Waals surface area contributed by atoms with Gasteiger partial charge in [0, 0.05) is 25.0 Å². The third-order valence-electron chi connectivity index (χ3n) is 3.22. The summed E-state index contributed by atoms with van der Waals surface area (Å²) in [6.07, 6.45) is 1.55. The molecule has 18 heavy (non-hydrogen) atoms. The van der Waals surface area contributed by atoms with Crippen molar-refractivity contribution >= 4 is 11.7 Å². The molecule has 98 valence electrons. The normalized spacial score (nSPS) is 18.5. The molecule has 0 aromatic carbocycles. The summed E-state index contributed by atoms with van der Waals surface area (Å²) in [5.74, 6) is -1.03. The number of nitrogens with two attached hydrogens (primary N) is 1. The van der Waals surface area contributed by atoms with Crippen molar-refractivity contribution in [2.45, 2.75) is 13.0 Å². The maximum Gasteiger partial charge on any atom is 0.339 e. The summed E-state index contributed by atoms with van der Waals surface area (Å²) < 4.78 is 5.28. The Morgan fingerprint density at radius 3 is 2.83 bits per heavy atom. The van der Waals surface area contributed by atoms with E-state index in [4.69, 9.17) is 10.5 Å². The fourth-order valence-electron chi connectivity index (χ4n) is 2.18. The summed E-state index contributed by atoms with van der Waals surface area (Å²) in [5, 5.41) is 9.23. The molecule has 0 aliphatic carbocycles. The van der Waals surface area contributed by atoms with E-state index in [1.807, 2.05) is 6.92 Å². The van der Waals surface area contributed by atoms with Gasteiger partial charge in [0.05, 0.1) is 24.9 Å². The molecular weight excluding hydrogens is 234 g/mol. The lowest BCUT2D eigenvalue weighted by molar-refractivity contribution is 0.0187. The number of hydrogen-bond donors (Lipinski definition) is 2. The van der Waals surface area contributed by atoms with Crippen molar-refractivity contribution < 1.29 is 14.6 Å². The molecule has 6 nitrogen and oxygen atoms in total. The first-order valence-electron chi connectivity index (χ1n) is 5.90. The number of carbonyl (C=O) groups is 1. The van der Waals surface area contributed by atoms with Crippen LogP contribution in [0.15, 0.2) is 12.3 Å². The van der Waals surface area contributed by atoms with Gasteiger partial charge in [-0.25, -0.2) is 4.79 Å². The van der Waals surface area contributed by atoms with Crippen molar-refractivity contribution in [3.63, 3.8) is 0 Å². The summed E-state index contributed by atoms with van der Waals surface area (Å²) in [7, 11) is 0. The molecule has 2 heterocycles. The van der Waals surface area contributed by atoms with Crippen molar-refractivity contribution in [3.8, 4) is 0 Å². The van der Waals surface area contributed by atoms with E-state index >= 15 is 0 Å². The van der Waals surface area contributed by atoms with Gasteiger partial charge in [-0.2, -0.15) is 0 Å². The molecule has 1 aromatic heterocycles. The number of carboxylic acid groups (broad SMARTS) is 1. The van der Waals surface area contributed by atoms with Crippen LogP contribution in [0.4, 0.5) is 5.69 Å². The van der Waals surface area contributed by atoms with E-state index in [0.29, 0.717) is 18.9 Å². The van der Waals surface area contributed by atoms with Crippen molar-refractivity contribution in [3.05, 3.63) is 23.5 Å². The van der Waals surface area contributed by atoms with Gasteiger partial charge in [-0.15, -0.1) is 0 Å². The standard InChI is InChI=1S/C12H17N3O3/c1-8(15-4-6-18-7-5-15)11-10(12(16)17)9(13)2-3-14-11/h2-3,8H,4-7H2,1H3,(H2,13,14)(H,16,17). The molecule has 1 unspecified atom stereocenters. The Kier molecular flexibility index (Phi) is 3.78. The Morgan fingerprint density at radius 1 is 1.56 bits per heavy atom. The van der Waals surface area contributed by atoms with Crippen LogP contribution in [0.2, 0.25) is 0 Å². The summed E-state index contributed by atoms with van der Waals surface area (Å²) in [4.78, 5) is 17.6. The highest BCUT2D eigenvalue weighted by atomic mass is 16.5. The summed E-state index contributed by atoms with van der Waals surface area (Å²) >= 11 is 0. The second-order valence-corrected chi connectivity index (χ2v) is 4.29. The largest absolute Gasteiger partial charge is 0.478 e. The quantitative estimate of drug-likeness (QED) is 0.824. The molecule has 3 N–H and O–H groups in total. The minimum absolute atomic E-state index is 0.0801. The van der Waals surface area contributed by atoms with Crippen LogP contribution in [-0.2, 0) is 4.74 Å². The van der Waals surface area contributed by atoms with Crippen LogP contribution >= 0.6 is 0 Å². The number of anilines is 1. The molecule has 0 spiro atoms. The van der Waals surface area contributed by atoms with Crippen LogP contribution in [0.5, 0.6) is 0 Å². The van der Waals surface area contributed by atoms with Gasteiger partial charge in [0.15, 0.2) is 0 Å². The number of rotatable bonds is 3. The number of pyridine rings is 1. The van der Waals surface area contributed by atoms with Crippen LogP contribution in [-0.4, -0.2) is 47.3 Å². The third-order valence-corrected chi connectivity index (χ3v) is 3.22. The average Bonchev–Trinajstić information content (AvgIpc) is 2.38. The van der Waals surface area contributed by atoms with E-state index in [1.165, 1.54) is 6.07 Å². The molecule has 0 bridgehead atoms. The molecule has 1 fully saturated rings. The summed E-state index contributed by atoms with van der Waals surface area (Å²) in [5.41, 5.74) is 6.61. The zero-order valence-corrected chi connectivity index (χ0v) is 10.3. The fourth-order valence-corrected chi connectivity index (χ4v) is 2.18. The van der Waals surface area contributed by atoms with Crippen molar-refractivity contribution in [2.24, 2.45) is 0 Å². The SMILES string of the molecule is CC(c1nccc(N)c1C(=O)O)N1CCOCC1. The second kappa shape index (κ2) is 5.32. The molecular formula is C12H17N3O3. The summed E-state index contributed by atoms with van der Waals surface area (Å²) in [6, 6.07) is 1.43. The molecule has 1 aliphatic heterocycles. The molecule has 1 aliphatic rings. The molecule has 1 aromatic rings. The molecule has 0 amide bonds. The summed E-state index contributed by atoms with van der Waals surface area (Å²) in [6.45, 7) is 4.82. The predicted molar refractivity (Wildman–Crippen MR) is 66.4 cm³/mol. The zero-order chi connectivity index (χ0) is 13.1. The molecule has 6 heteroatoms. The number of aromatic carboxylic acids is 1. The highest BCUT2D eigenvalue weighted by molar-refractivity contribution is 5.94. The van der Waals surface area contributed by atoms with Gasteiger partial charge >= 0.3 is 5.97 Å². The maximum absolute atomic E-state index is 11.3. The molecule has 1 atom stereocenters. The van der Waals surface area contributed by atoms with E-state index in [9.17, 15) is 9.90 Å². The number of nitrogens with zero attached hydrogens (tertiary/aromatic N) is 2. The number of carboxylic acids is 1. The van der Waals surface area contributed by atoms with Crippen molar-refractivity contribution in [1.82, 2.24) is 9.88 Å². The van der Waals surface area contributed by atoms with Crippen LogP contribution in [0.3, 0.4) is 0 Å². The number of nitrogen functional groups attached to an aromatic ring is 1. The molecule has 0 saturated carbocycles. The lowest BCUT2D eigenvalue weighted by atomic mass is 10.0. The van der Waals surface area contributed by atoms with E-state index in [1.54, 1.807) is 6.20 Å². The zero-order valence-electron chi connectivity index (χ0n) is 10.3. The topological polar surface area (TPSA) is 88.7 Å². The minimum Gasteiger partial charge on any atom is -0.478 e. The van der Waals surface area contributed by atoms with E-state index in [0.717, 1.165) is 13.1 Å². The third kappa shape index (κ3) is 2.44. The highest BCUT2D eigenvalue weighted by Gasteiger charge is 2.25. The van der Waals surface area contributed by atoms with Gasteiger partial charge < -0.3 is 15.6 Å². The van der Waals surface area contributed by atoms with Gasteiger partial charge in [0.2, 0.25) is 0 Å². The second-order valence-electron chi connectivity index (χ2n) is 4.29. The first-order chi connectivity index (χ1) is 8.61. The van der Waals surface area contributed by atoms with Crippen LogP contribution in [0, 0.1) is 0 Å². The molecule has 1 saturated heterocycles. The Bertz CT molecular complexity index is 444. The Labute approximate surface area is 105 Å². The monoisotopic (exact) mass is 251 g/mol. The minimum atomic E-state index is -1.03. The maximum atomic E-state index is 11.3. The number of ether oxygens (including phenoxy) is 1. The van der Waals surface area contributed by atoms with Crippen LogP contribution < -0.4 is 5.73 Å². The molecule has 0 radical (unpaired) electrons. The van der Waals surface area contributed by atoms with Crippen molar-refractivity contribution in [2.75, 3.05) is 32.0 Å². The van der Waals surface area contributed by atoms with Crippen LogP contribution in [0.1, 0.15) is 29.0 Å².